The maximum Gasteiger partial charge on any atom is 0.415 e. The van der Waals surface area contributed by atoms with E-state index in [-0.39, 0.29) is 11.1 Å². The van der Waals surface area contributed by atoms with Gasteiger partial charge in [-0.3, -0.25) is 9.80 Å². The molecule has 2 aliphatic rings. The van der Waals surface area contributed by atoms with E-state index in [0.29, 0.717) is 74.3 Å². The fourth-order valence-corrected chi connectivity index (χ4v) is 5.38. The number of amides is 1. The first-order chi connectivity index (χ1) is 19.1. The molecule has 7 nitrogen and oxygen atoms in total. The number of carbonyl (C=O) groups excluding carboxylic acids is 1. The summed E-state index contributed by atoms with van der Waals surface area (Å²) >= 11 is 0. The number of likely N-dealkylation sites (tertiary alicyclic amines) is 1. The molecule has 40 heavy (non-hydrogen) atoms. The molecule has 0 bridgehead atoms. The number of hydrogen-bond acceptors (Lipinski definition) is 5. The normalized spacial score (nSPS) is 16.8. The Morgan fingerprint density at radius 1 is 1.00 bits per heavy atom. The molecule has 10 heteroatoms. The molecule has 1 amide bonds. The van der Waals surface area contributed by atoms with Gasteiger partial charge in [0.25, 0.3) is 0 Å². The number of rotatable bonds is 7. The summed E-state index contributed by atoms with van der Waals surface area (Å²) in [7, 11) is 0. The van der Waals surface area contributed by atoms with Crippen LogP contribution in [-0.4, -0.2) is 53.9 Å². The first kappa shape index (κ1) is 27.5. The molecule has 5 rings (SSSR count). The number of aryl methyl sites for hydroxylation is 1. The molecule has 0 unspecified atom stereocenters. The van der Waals surface area contributed by atoms with E-state index >= 15 is 0 Å². The van der Waals surface area contributed by atoms with E-state index < -0.39 is 35.1 Å². The Labute approximate surface area is 229 Å². The minimum Gasteiger partial charge on any atom is -0.494 e. The van der Waals surface area contributed by atoms with Crippen LogP contribution in [0.5, 0.6) is 5.75 Å². The SMILES string of the molecule is CCOc1cc(CN2CCC3(CC2)CN(c2ccc(C(=O)O)cc2)C(=O)O3)c(-c2cc(F)c(F)cc2F)cc1C. The van der Waals surface area contributed by atoms with Crippen molar-refractivity contribution in [3.05, 3.63) is 82.7 Å². The molecule has 3 aromatic rings. The van der Waals surface area contributed by atoms with Crippen LogP contribution in [0, 0.1) is 24.4 Å². The van der Waals surface area contributed by atoms with Crippen LogP contribution in [0.3, 0.4) is 0 Å². The van der Waals surface area contributed by atoms with Crippen molar-refractivity contribution in [2.24, 2.45) is 0 Å². The lowest BCUT2D eigenvalue weighted by Crippen LogP contribution is -2.46. The van der Waals surface area contributed by atoms with Crippen LogP contribution < -0.4 is 9.64 Å². The molecule has 2 fully saturated rings. The zero-order chi connectivity index (χ0) is 28.6. The van der Waals surface area contributed by atoms with Crippen LogP contribution in [0.15, 0.2) is 48.5 Å². The second-order valence-electron chi connectivity index (χ2n) is 10.2. The second kappa shape index (κ2) is 10.8. The van der Waals surface area contributed by atoms with Crippen molar-refractivity contribution in [1.82, 2.24) is 4.90 Å². The van der Waals surface area contributed by atoms with Crippen molar-refractivity contribution < 1.29 is 37.3 Å². The highest BCUT2D eigenvalue weighted by Gasteiger charge is 2.47. The fraction of sp³-hybridized carbons (Fsp3) is 0.333. The molecule has 2 aliphatic heterocycles. The van der Waals surface area contributed by atoms with E-state index in [1.807, 2.05) is 19.9 Å². The van der Waals surface area contributed by atoms with Crippen LogP contribution in [0.25, 0.3) is 11.1 Å². The Hall–Kier alpha value is -4.05. The number of benzene rings is 3. The Bertz CT molecular complexity index is 1450. The fourth-order valence-electron chi connectivity index (χ4n) is 5.38. The van der Waals surface area contributed by atoms with E-state index in [0.717, 1.165) is 11.6 Å². The van der Waals surface area contributed by atoms with Crippen LogP contribution in [0.2, 0.25) is 0 Å². The van der Waals surface area contributed by atoms with Gasteiger partial charge in [-0.05, 0) is 73.0 Å². The molecule has 0 aromatic heterocycles. The van der Waals surface area contributed by atoms with E-state index in [1.165, 1.54) is 17.0 Å². The predicted octanol–water partition coefficient (Wildman–Crippen LogP) is 6.17. The molecule has 1 N–H and O–H groups in total. The topological polar surface area (TPSA) is 79.3 Å². The number of carboxylic acids is 1. The van der Waals surface area contributed by atoms with Gasteiger partial charge in [0.2, 0.25) is 0 Å². The van der Waals surface area contributed by atoms with E-state index in [9.17, 15) is 22.8 Å². The van der Waals surface area contributed by atoms with Crippen molar-refractivity contribution in [3.63, 3.8) is 0 Å². The molecule has 2 saturated heterocycles. The number of carbonyl (C=O) groups is 2. The number of anilines is 1. The van der Waals surface area contributed by atoms with Crippen molar-refractivity contribution in [1.29, 1.82) is 0 Å². The van der Waals surface area contributed by atoms with Crippen molar-refractivity contribution in [2.75, 3.05) is 31.1 Å². The highest BCUT2D eigenvalue weighted by molar-refractivity contribution is 5.92. The maximum absolute atomic E-state index is 14.8. The number of aromatic carboxylic acids is 1. The maximum atomic E-state index is 14.8. The molecular formula is C30H29F3N2O5. The third kappa shape index (κ3) is 5.36. The minimum absolute atomic E-state index is 0.0252. The van der Waals surface area contributed by atoms with Gasteiger partial charge in [0.15, 0.2) is 11.6 Å². The number of hydrogen-bond donors (Lipinski definition) is 1. The lowest BCUT2D eigenvalue weighted by atomic mass is 9.90. The molecule has 210 valence electrons. The van der Waals surface area contributed by atoms with Gasteiger partial charge in [0.1, 0.15) is 17.2 Å². The average Bonchev–Trinajstić information content (AvgIpc) is 3.25. The summed E-state index contributed by atoms with van der Waals surface area (Å²) in [6.07, 6.45) is 0.635. The minimum atomic E-state index is -1.25. The Balaban J connectivity index is 1.34. The van der Waals surface area contributed by atoms with Crippen LogP contribution in [0.4, 0.5) is 23.7 Å². The van der Waals surface area contributed by atoms with Gasteiger partial charge in [-0.25, -0.2) is 22.8 Å². The number of piperidine rings is 1. The summed E-state index contributed by atoms with van der Waals surface area (Å²) in [4.78, 5) is 27.5. The first-order valence-corrected chi connectivity index (χ1v) is 13.1. The molecule has 0 atom stereocenters. The zero-order valence-corrected chi connectivity index (χ0v) is 22.2. The van der Waals surface area contributed by atoms with Gasteiger partial charge < -0.3 is 14.6 Å². The third-order valence-electron chi connectivity index (χ3n) is 7.56. The number of halogens is 3. The predicted molar refractivity (Wildman–Crippen MR) is 142 cm³/mol. The summed E-state index contributed by atoms with van der Waals surface area (Å²) in [6.45, 7) is 6.02. The number of ether oxygens (including phenoxy) is 2. The van der Waals surface area contributed by atoms with Gasteiger partial charge in [-0.1, -0.05) is 0 Å². The lowest BCUT2D eigenvalue weighted by molar-refractivity contribution is -0.000960. The van der Waals surface area contributed by atoms with Crippen molar-refractivity contribution in [3.8, 4) is 16.9 Å². The Morgan fingerprint density at radius 3 is 2.33 bits per heavy atom. The van der Waals surface area contributed by atoms with Crippen LogP contribution in [-0.2, 0) is 11.3 Å². The number of nitrogens with zero attached hydrogens (tertiary/aromatic N) is 2. The van der Waals surface area contributed by atoms with Gasteiger partial charge in [-0.15, -0.1) is 0 Å². The lowest BCUT2D eigenvalue weighted by Gasteiger charge is -2.37. The summed E-state index contributed by atoms with van der Waals surface area (Å²) in [5, 5.41) is 9.13. The molecule has 2 heterocycles. The first-order valence-electron chi connectivity index (χ1n) is 13.1. The second-order valence-corrected chi connectivity index (χ2v) is 10.2. The van der Waals surface area contributed by atoms with Crippen molar-refractivity contribution in [2.45, 2.75) is 38.8 Å². The van der Waals surface area contributed by atoms with Gasteiger partial charge in [0, 0.05) is 49.8 Å². The molecule has 0 aliphatic carbocycles. The van der Waals surface area contributed by atoms with Crippen molar-refractivity contribution >= 4 is 17.7 Å². The highest BCUT2D eigenvalue weighted by Crippen LogP contribution is 2.38. The third-order valence-corrected chi connectivity index (χ3v) is 7.56. The Morgan fingerprint density at radius 2 is 1.68 bits per heavy atom. The van der Waals surface area contributed by atoms with Gasteiger partial charge in [-0.2, -0.15) is 0 Å². The number of carboxylic acid groups (broad SMARTS) is 1. The Kier molecular flexibility index (Phi) is 7.46. The monoisotopic (exact) mass is 554 g/mol. The van der Waals surface area contributed by atoms with E-state index in [1.54, 1.807) is 18.2 Å². The van der Waals surface area contributed by atoms with Crippen LogP contribution >= 0.6 is 0 Å². The molecular weight excluding hydrogens is 525 g/mol. The highest BCUT2D eigenvalue weighted by atomic mass is 19.2. The quantitative estimate of drug-likeness (QED) is 0.352. The summed E-state index contributed by atoms with van der Waals surface area (Å²) in [5.41, 5.74) is 1.90. The average molecular weight is 555 g/mol. The van der Waals surface area contributed by atoms with Crippen LogP contribution in [0.1, 0.15) is 41.3 Å². The standard InChI is InChI=1S/C30H29F3N2O5/c1-3-39-27-13-20(22(12-18(27)2)23-14-25(32)26(33)15-24(23)31)16-34-10-8-30(9-11-34)17-35(29(38)40-30)21-6-4-19(5-7-21)28(36)37/h4-7,12-15H,3,8-11,16-17H2,1-2H3,(H,36,37). The van der Waals surface area contributed by atoms with E-state index in [4.69, 9.17) is 14.6 Å². The summed E-state index contributed by atoms with van der Waals surface area (Å²) in [6, 6.07) is 11.1. The zero-order valence-electron chi connectivity index (χ0n) is 22.2. The summed E-state index contributed by atoms with van der Waals surface area (Å²) < 4.78 is 54.1. The van der Waals surface area contributed by atoms with Gasteiger partial charge >= 0.3 is 12.1 Å². The van der Waals surface area contributed by atoms with Gasteiger partial charge in [0.05, 0.1) is 18.7 Å². The molecule has 0 radical (unpaired) electrons. The smallest absolute Gasteiger partial charge is 0.415 e. The largest absolute Gasteiger partial charge is 0.494 e. The van der Waals surface area contributed by atoms with E-state index in [2.05, 4.69) is 4.90 Å². The molecule has 3 aromatic carbocycles. The molecule has 1 spiro atoms. The summed E-state index contributed by atoms with van der Waals surface area (Å²) in [5.74, 6) is -3.64. The molecule has 0 saturated carbocycles.